The van der Waals surface area contributed by atoms with Gasteiger partial charge in [0, 0.05) is 12.5 Å². The largest absolute Gasteiger partial charge is 0.467 e. The number of carbonyl (C=O) groups excluding carboxylic acids is 2. The van der Waals surface area contributed by atoms with Gasteiger partial charge < -0.3 is 10.1 Å². The molecule has 0 saturated carbocycles. The summed E-state index contributed by atoms with van der Waals surface area (Å²) in [5, 5.41) is 13.6. The SMILES string of the molecule is COC(=O)[C@H](Cc1ccc(C)cc1C)NC(=O)[C@H](C)NS(=O)(=O)c1ccccc1[N+](=O)[O-]. The number of nitrogens with one attached hydrogen (secondary N) is 2. The molecule has 2 aromatic carbocycles. The Balaban J connectivity index is 2.19. The molecule has 0 heterocycles. The van der Waals surface area contributed by atoms with E-state index in [2.05, 4.69) is 10.0 Å². The fourth-order valence-electron chi connectivity index (χ4n) is 3.11. The zero-order chi connectivity index (χ0) is 24.1. The number of aryl methyl sites for hydroxylation is 2. The maximum atomic E-state index is 12.7. The molecule has 10 nitrogen and oxygen atoms in total. The average molecular weight is 464 g/mol. The number of hydrogen-bond donors (Lipinski definition) is 2. The first-order chi connectivity index (χ1) is 15.0. The summed E-state index contributed by atoms with van der Waals surface area (Å²) in [7, 11) is -3.20. The van der Waals surface area contributed by atoms with E-state index in [4.69, 9.17) is 4.74 Å². The molecule has 2 rings (SSSR count). The minimum atomic E-state index is -4.38. The highest BCUT2D eigenvalue weighted by Gasteiger charge is 2.30. The van der Waals surface area contributed by atoms with Crippen LogP contribution in [0.25, 0.3) is 0 Å². The molecular formula is C21H25N3O7S. The van der Waals surface area contributed by atoms with E-state index in [0.717, 1.165) is 28.8 Å². The van der Waals surface area contributed by atoms with Crippen LogP contribution in [0.15, 0.2) is 47.4 Å². The number of nitro benzene ring substituents is 1. The van der Waals surface area contributed by atoms with Gasteiger partial charge in [0.15, 0.2) is 4.90 Å². The van der Waals surface area contributed by atoms with Crippen molar-refractivity contribution >= 4 is 27.6 Å². The molecule has 0 unspecified atom stereocenters. The zero-order valence-electron chi connectivity index (χ0n) is 18.1. The van der Waals surface area contributed by atoms with Crippen molar-refractivity contribution in [2.24, 2.45) is 0 Å². The van der Waals surface area contributed by atoms with Crippen LogP contribution in [-0.2, 0) is 30.8 Å². The van der Waals surface area contributed by atoms with Crippen LogP contribution in [0.3, 0.4) is 0 Å². The molecule has 0 saturated heterocycles. The smallest absolute Gasteiger partial charge is 0.328 e. The first kappa shape index (κ1) is 25.0. The topological polar surface area (TPSA) is 145 Å². The summed E-state index contributed by atoms with van der Waals surface area (Å²) >= 11 is 0. The summed E-state index contributed by atoms with van der Waals surface area (Å²) in [6, 6.07) is 8.09. The number of nitrogens with zero attached hydrogens (tertiary/aromatic N) is 1. The number of sulfonamides is 1. The van der Waals surface area contributed by atoms with E-state index < -0.39 is 49.5 Å². The Hall–Kier alpha value is -3.31. The molecule has 0 aliphatic heterocycles. The number of ether oxygens (including phenoxy) is 1. The molecular weight excluding hydrogens is 438 g/mol. The summed E-state index contributed by atoms with van der Waals surface area (Å²) in [6.07, 6.45) is 0.147. The second-order valence-corrected chi connectivity index (χ2v) is 8.97. The first-order valence-corrected chi connectivity index (χ1v) is 11.1. The lowest BCUT2D eigenvalue weighted by molar-refractivity contribution is -0.387. The lowest BCUT2D eigenvalue weighted by atomic mass is 9.99. The van der Waals surface area contributed by atoms with Crippen molar-refractivity contribution in [1.82, 2.24) is 10.0 Å². The van der Waals surface area contributed by atoms with Crippen LogP contribution in [0, 0.1) is 24.0 Å². The molecule has 0 radical (unpaired) electrons. The highest BCUT2D eigenvalue weighted by Crippen LogP contribution is 2.23. The second kappa shape index (κ2) is 10.3. The molecule has 11 heteroatoms. The van der Waals surface area contributed by atoms with Crippen molar-refractivity contribution in [3.05, 3.63) is 69.3 Å². The minimum absolute atomic E-state index is 0.147. The third kappa shape index (κ3) is 6.11. The Morgan fingerprint density at radius 3 is 2.41 bits per heavy atom. The van der Waals surface area contributed by atoms with E-state index in [1.54, 1.807) is 0 Å². The van der Waals surface area contributed by atoms with Crippen molar-refractivity contribution in [2.75, 3.05) is 7.11 Å². The van der Waals surface area contributed by atoms with Gasteiger partial charge in [0.05, 0.1) is 18.1 Å². The van der Waals surface area contributed by atoms with Gasteiger partial charge in [-0.3, -0.25) is 14.9 Å². The van der Waals surface area contributed by atoms with Crippen LogP contribution >= 0.6 is 0 Å². The number of benzene rings is 2. The van der Waals surface area contributed by atoms with E-state index in [-0.39, 0.29) is 6.42 Å². The molecule has 2 aromatic rings. The average Bonchev–Trinajstić information content (AvgIpc) is 2.73. The van der Waals surface area contributed by atoms with Crippen LogP contribution in [0.5, 0.6) is 0 Å². The standard InChI is InChI=1S/C21H25N3O7S/c1-13-9-10-16(14(2)11-13)12-17(21(26)31-4)22-20(25)15(3)23-32(29,30)19-8-6-5-7-18(19)24(27)28/h5-11,15,17,23H,12H2,1-4H3,(H,22,25)/t15-,17-/m0/s1. The molecule has 0 aliphatic carbocycles. The maximum absolute atomic E-state index is 12.7. The lowest BCUT2D eigenvalue weighted by Gasteiger charge is -2.21. The van der Waals surface area contributed by atoms with Gasteiger partial charge in [-0.2, -0.15) is 4.72 Å². The number of methoxy groups -OCH3 is 1. The molecule has 1 amide bonds. The normalized spacial score (nSPS) is 13.1. The predicted octanol–water partition coefficient (Wildman–Crippen LogP) is 1.78. The first-order valence-electron chi connectivity index (χ1n) is 9.66. The van der Waals surface area contributed by atoms with E-state index in [9.17, 15) is 28.1 Å². The van der Waals surface area contributed by atoms with Crippen molar-refractivity contribution < 1.29 is 27.7 Å². The number of amides is 1. The lowest BCUT2D eigenvalue weighted by Crippen LogP contribution is -2.51. The maximum Gasteiger partial charge on any atom is 0.328 e. The van der Waals surface area contributed by atoms with Crippen molar-refractivity contribution in [3.8, 4) is 0 Å². The minimum Gasteiger partial charge on any atom is -0.467 e. The molecule has 0 spiro atoms. The Morgan fingerprint density at radius 1 is 1.16 bits per heavy atom. The van der Waals surface area contributed by atoms with Crippen LogP contribution in [0.2, 0.25) is 0 Å². The number of rotatable bonds is 9. The second-order valence-electron chi connectivity index (χ2n) is 7.29. The number of carbonyl (C=O) groups is 2. The van der Waals surface area contributed by atoms with Crippen LogP contribution in [-0.4, -0.2) is 44.4 Å². The molecule has 0 aliphatic rings. The fourth-order valence-corrected chi connectivity index (χ4v) is 4.49. The molecule has 0 fully saturated rings. The van der Waals surface area contributed by atoms with Gasteiger partial charge in [0.2, 0.25) is 15.9 Å². The Bertz CT molecular complexity index is 1130. The van der Waals surface area contributed by atoms with Gasteiger partial charge in [-0.15, -0.1) is 0 Å². The highest BCUT2D eigenvalue weighted by molar-refractivity contribution is 7.89. The van der Waals surface area contributed by atoms with Crippen LogP contribution in [0.4, 0.5) is 5.69 Å². The predicted molar refractivity (Wildman–Crippen MR) is 116 cm³/mol. The monoisotopic (exact) mass is 463 g/mol. The summed E-state index contributed by atoms with van der Waals surface area (Å²) in [5.41, 5.74) is 2.18. The van der Waals surface area contributed by atoms with Gasteiger partial charge in [0.25, 0.3) is 5.69 Å². The number of para-hydroxylation sites is 1. The van der Waals surface area contributed by atoms with Crippen molar-refractivity contribution in [2.45, 2.75) is 44.2 Å². The molecule has 32 heavy (non-hydrogen) atoms. The third-order valence-electron chi connectivity index (χ3n) is 4.80. The third-order valence-corrected chi connectivity index (χ3v) is 6.39. The number of nitro groups is 1. The summed E-state index contributed by atoms with van der Waals surface area (Å²) in [6.45, 7) is 5.08. The van der Waals surface area contributed by atoms with Gasteiger partial charge >= 0.3 is 5.97 Å². The van der Waals surface area contributed by atoms with Crippen molar-refractivity contribution in [1.29, 1.82) is 0 Å². The van der Waals surface area contributed by atoms with Gasteiger partial charge in [-0.05, 0) is 38.0 Å². The van der Waals surface area contributed by atoms with Gasteiger partial charge in [-0.1, -0.05) is 35.9 Å². The molecule has 2 atom stereocenters. The highest BCUT2D eigenvalue weighted by atomic mass is 32.2. The molecule has 2 N–H and O–H groups in total. The van der Waals surface area contributed by atoms with E-state index in [0.29, 0.717) is 0 Å². The number of esters is 1. The summed E-state index contributed by atoms with van der Waals surface area (Å²) in [4.78, 5) is 34.6. The Morgan fingerprint density at radius 2 is 1.81 bits per heavy atom. The molecule has 0 bridgehead atoms. The Labute approximate surface area is 186 Å². The zero-order valence-corrected chi connectivity index (χ0v) is 18.9. The summed E-state index contributed by atoms with van der Waals surface area (Å²) < 4.78 is 32.1. The van der Waals surface area contributed by atoms with E-state index >= 15 is 0 Å². The van der Waals surface area contributed by atoms with Crippen molar-refractivity contribution in [3.63, 3.8) is 0 Å². The van der Waals surface area contributed by atoms with Crippen LogP contribution in [0.1, 0.15) is 23.6 Å². The Kier molecular flexibility index (Phi) is 8.06. The van der Waals surface area contributed by atoms with Gasteiger partial charge in [0.1, 0.15) is 6.04 Å². The molecule has 172 valence electrons. The number of hydrogen-bond acceptors (Lipinski definition) is 7. The summed E-state index contributed by atoms with van der Waals surface area (Å²) in [5.74, 6) is -1.47. The van der Waals surface area contributed by atoms with Crippen LogP contribution < -0.4 is 10.0 Å². The van der Waals surface area contributed by atoms with Gasteiger partial charge in [-0.25, -0.2) is 13.2 Å². The fraction of sp³-hybridized carbons (Fsp3) is 0.333. The molecule has 0 aromatic heterocycles. The van der Waals surface area contributed by atoms with E-state index in [1.165, 1.54) is 26.2 Å². The quantitative estimate of drug-likeness (QED) is 0.327. The van der Waals surface area contributed by atoms with E-state index in [1.807, 2.05) is 32.0 Å².